The topological polar surface area (TPSA) is 32.3 Å². The summed E-state index contributed by atoms with van der Waals surface area (Å²) in [7, 11) is 0. The predicted octanol–water partition coefficient (Wildman–Crippen LogP) is 3.64. The fourth-order valence-corrected chi connectivity index (χ4v) is 5.33. The Hall–Kier alpha value is -1.35. The molecule has 1 aromatic carbocycles. The zero-order valence-corrected chi connectivity index (χ0v) is 15.3. The van der Waals surface area contributed by atoms with Gasteiger partial charge < -0.3 is 10.2 Å². The Labute approximate surface area is 152 Å². The number of hydrogen-bond donors (Lipinski definition) is 1. The molecule has 3 unspecified atom stereocenters. The van der Waals surface area contributed by atoms with Crippen molar-refractivity contribution in [2.45, 2.75) is 57.4 Å². The quantitative estimate of drug-likeness (QED) is 0.887. The van der Waals surface area contributed by atoms with Crippen molar-refractivity contribution < 1.29 is 4.79 Å². The van der Waals surface area contributed by atoms with E-state index < -0.39 is 0 Å². The molecule has 0 aromatic heterocycles. The number of nitrogens with zero attached hydrogens (tertiary/aromatic N) is 1. The second-order valence-corrected chi connectivity index (χ2v) is 8.43. The van der Waals surface area contributed by atoms with Crippen molar-refractivity contribution in [3.63, 3.8) is 0 Å². The van der Waals surface area contributed by atoms with Gasteiger partial charge in [-0.3, -0.25) is 4.79 Å². The fraction of sp³-hybridized carbons (Fsp3) is 0.682. The van der Waals surface area contributed by atoms with Crippen LogP contribution in [0.3, 0.4) is 0 Å². The Balaban J connectivity index is 1.22. The number of carbonyl (C=O) groups is 1. The number of nitrogens with one attached hydrogen (secondary N) is 1. The summed E-state index contributed by atoms with van der Waals surface area (Å²) in [6, 6.07) is 11.4. The van der Waals surface area contributed by atoms with Gasteiger partial charge in [-0.1, -0.05) is 43.2 Å². The van der Waals surface area contributed by atoms with Crippen LogP contribution in [0.15, 0.2) is 30.3 Å². The molecule has 0 bridgehead atoms. The lowest BCUT2D eigenvalue weighted by molar-refractivity contribution is -0.123. The second-order valence-electron chi connectivity index (χ2n) is 8.43. The van der Waals surface area contributed by atoms with Crippen molar-refractivity contribution in [2.75, 3.05) is 19.6 Å². The van der Waals surface area contributed by atoms with Crippen LogP contribution in [0, 0.1) is 17.8 Å². The summed E-state index contributed by atoms with van der Waals surface area (Å²) in [5.41, 5.74) is 1.48. The minimum absolute atomic E-state index is 0.285. The van der Waals surface area contributed by atoms with E-state index in [2.05, 4.69) is 40.5 Å². The van der Waals surface area contributed by atoms with Gasteiger partial charge in [0.15, 0.2) is 0 Å². The maximum atomic E-state index is 12.3. The molecule has 1 saturated carbocycles. The lowest BCUT2D eigenvalue weighted by Gasteiger charge is -2.33. The second kappa shape index (κ2) is 7.90. The molecule has 3 fully saturated rings. The van der Waals surface area contributed by atoms with Gasteiger partial charge in [-0.2, -0.15) is 0 Å². The van der Waals surface area contributed by atoms with Gasteiger partial charge in [-0.25, -0.2) is 0 Å². The number of rotatable bonds is 5. The third-order valence-corrected chi connectivity index (χ3v) is 6.83. The molecule has 3 heteroatoms. The Bertz CT molecular complexity index is 565. The van der Waals surface area contributed by atoms with Crippen LogP contribution in [0.4, 0.5) is 0 Å². The Morgan fingerprint density at radius 1 is 1.00 bits per heavy atom. The van der Waals surface area contributed by atoms with Crippen LogP contribution in [0.2, 0.25) is 0 Å². The van der Waals surface area contributed by atoms with Gasteiger partial charge >= 0.3 is 0 Å². The number of benzene rings is 1. The third kappa shape index (κ3) is 4.08. The summed E-state index contributed by atoms with van der Waals surface area (Å²) in [5, 5.41) is 3.27. The Morgan fingerprint density at radius 3 is 2.56 bits per heavy atom. The van der Waals surface area contributed by atoms with Crippen molar-refractivity contribution in [3.05, 3.63) is 35.9 Å². The number of carbonyl (C=O) groups excluding carboxylic acids is 1. The van der Waals surface area contributed by atoms with Gasteiger partial charge in [-0.15, -0.1) is 0 Å². The van der Waals surface area contributed by atoms with E-state index in [0.29, 0.717) is 17.9 Å². The zero-order chi connectivity index (χ0) is 17.1. The van der Waals surface area contributed by atoms with Crippen LogP contribution in [0.1, 0.15) is 50.5 Å². The predicted molar refractivity (Wildman–Crippen MR) is 101 cm³/mol. The zero-order valence-electron chi connectivity index (χ0n) is 15.3. The average Bonchev–Trinajstić information content (AvgIpc) is 2.97. The monoisotopic (exact) mass is 340 g/mol. The molecule has 2 saturated heterocycles. The molecule has 3 atom stereocenters. The maximum absolute atomic E-state index is 12.3. The van der Waals surface area contributed by atoms with Gasteiger partial charge in [0.1, 0.15) is 0 Å². The van der Waals surface area contributed by atoms with Gasteiger partial charge in [0.2, 0.25) is 5.91 Å². The molecule has 0 spiro atoms. The molecular weight excluding hydrogens is 308 g/mol. The van der Waals surface area contributed by atoms with Crippen molar-refractivity contribution in [3.8, 4) is 0 Å². The highest BCUT2D eigenvalue weighted by atomic mass is 16.2. The van der Waals surface area contributed by atoms with E-state index in [1.54, 1.807) is 0 Å². The van der Waals surface area contributed by atoms with Crippen LogP contribution >= 0.6 is 0 Å². The largest absolute Gasteiger partial charge is 0.353 e. The first-order chi connectivity index (χ1) is 12.3. The summed E-state index contributed by atoms with van der Waals surface area (Å²) in [6.45, 7) is 3.53. The number of amides is 1. The first kappa shape index (κ1) is 17.1. The Morgan fingerprint density at radius 2 is 1.76 bits per heavy atom. The highest BCUT2D eigenvalue weighted by Crippen LogP contribution is 2.37. The number of piperidine rings is 1. The van der Waals surface area contributed by atoms with E-state index in [0.717, 1.165) is 18.9 Å². The number of likely N-dealkylation sites (tertiary alicyclic amines) is 1. The van der Waals surface area contributed by atoms with Crippen molar-refractivity contribution in [2.24, 2.45) is 17.8 Å². The highest BCUT2D eigenvalue weighted by molar-refractivity contribution is 5.81. The molecule has 1 aromatic rings. The van der Waals surface area contributed by atoms with Crippen LogP contribution in [0.25, 0.3) is 0 Å². The first-order valence-corrected chi connectivity index (χ1v) is 10.4. The van der Waals surface area contributed by atoms with Gasteiger partial charge in [-0.05, 0) is 75.6 Å². The molecule has 0 radical (unpaired) electrons. The van der Waals surface area contributed by atoms with Crippen LogP contribution < -0.4 is 5.32 Å². The van der Waals surface area contributed by atoms with E-state index in [-0.39, 0.29) is 5.92 Å². The number of hydrogen-bond acceptors (Lipinski definition) is 2. The molecule has 136 valence electrons. The van der Waals surface area contributed by atoms with Crippen molar-refractivity contribution >= 4 is 5.91 Å². The lowest BCUT2D eigenvalue weighted by Crippen LogP contribution is -2.36. The summed E-state index contributed by atoms with van der Waals surface area (Å²) in [6.07, 6.45) is 9.97. The average molecular weight is 341 g/mol. The molecule has 3 aliphatic rings. The standard InChI is InChI=1S/C22H32N2O/c25-22-20(19-8-4-5-9-21(19)23-22)12-15-24-13-10-18(11-14-24)16-17-6-2-1-3-7-17/h1-3,6-7,18-21H,4-5,8-16H2,(H,23,25). The Kier molecular flexibility index (Phi) is 5.40. The minimum atomic E-state index is 0.285. The number of fused-ring (bicyclic) bond motifs is 1. The van der Waals surface area contributed by atoms with Crippen molar-refractivity contribution in [1.29, 1.82) is 0 Å². The van der Waals surface area contributed by atoms with Crippen LogP contribution in [-0.4, -0.2) is 36.5 Å². The van der Waals surface area contributed by atoms with Crippen LogP contribution in [-0.2, 0) is 11.2 Å². The van der Waals surface area contributed by atoms with Gasteiger partial charge in [0.25, 0.3) is 0 Å². The molecule has 2 heterocycles. The summed E-state index contributed by atoms with van der Waals surface area (Å²) >= 11 is 0. The maximum Gasteiger partial charge on any atom is 0.223 e. The SMILES string of the molecule is O=C1NC2CCCCC2C1CCN1CCC(Cc2ccccc2)CC1. The van der Waals surface area contributed by atoms with E-state index in [1.165, 1.54) is 63.6 Å². The lowest BCUT2D eigenvalue weighted by atomic mass is 9.78. The molecule has 1 aliphatic carbocycles. The normalized spacial score (nSPS) is 30.9. The molecule has 1 amide bonds. The van der Waals surface area contributed by atoms with E-state index >= 15 is 0 Å². The fourth-order valence-electron chi connectivity index (χ4n) is 5.33. The molecule has 2 aliphatic heterocycles. The van der Waals surface area contributed by atoms with E-state index in [4.69, 9.17) is 0 Å². The van der Waals surface area contributed by atoms with E-state index in [1.807, 2.05) is 0 Å². The molecule has 4 rings (SSSR count). The molecule has 1 N–H and O–H groups in total. The highest BCUT2D eigenvalue weighted by Gasteiger charge is 2.42. The smallest absolute Gasteiger partial charge is 0.223 e. The first-order valence-electron chi connectivity index (χ1n) is 10.4. The van der Waals surface area contributed by atoms with Gasteiger partial charge in [0.05, 0.1) is 0 Å². The van der Waals surface area contributed by atoms with Crippen molar-refractivity contribution in [1.82, 2.24) is 10.2 Å². The molecule has 3 nitrogen and oxygen atoms in total. The summed E-state index contributed by atoms with van der Waals surface area (Å²) in [4.78, 5) is 14.9. The van der Waals surface area contributed by atoms with E-state index in [9.17, 15) is 4.79 Å². The molecular formula is C22H32N2O. The summed E-state index contributed by atoms with van der Waals surface area (Å²) in [5.74, 6) is 2.08. The van der Waals surface area contributed by atoms with Gasteiger partial charge in [0, 0.05) is 12.0 Å². The summed E-state index contributed by atoms with van der Waals surface area (Å²) < 4.78 is 0. The third-order valence-electron chi connectivity index (χ3n) is 6.83. The minimum Gasteiger partial charge on any atom is -0.353 e. The molecule has 25 heavy (non-hydrogen) atoms. The van der Waals surface area contributed by atoms with Crippen LogP contribution in [0.5, 0.6) is 0 Å².